The first kappa shape index (κ1) is 19.7. The molecule has 0 aromatic carbocycles. The number of hydrogen-bond donors (Lipinski definition) is 1. The quantitative estimate of drug-likeness (QED) is 0.376. The van der Waals surface area contributed by atoms with E-state index in [1.807, 2.05) is 4.90 Å². The summed E-state index contributed by atoms with van der Waals surface area (Å²) in [4.78, 5) is 23.2. The lowest BCUT2D eigenvalue weighted by Gasteiger charge is -2.38. The summed E-state index contributed by atoms with van der Waals surface area (Å²) in [6, 6.07) is 0. The molecule has 8 heteroatoms. The summed E-state index contributed by atoms with van der Waals surface area (Å²) in [6.45, 7) is 8.37. The molecule has 7 nitrogen and oxygen atoms in total. The van der Waals surface area contributed by atoms with Gasteiger partial charge in [-0.3, -0.25) is 14.7 Å². The Labute approximate surface area is 161 Å². The van der Waals surface area contributed by atoms with Crippen LogP contribution in [0.4, 0.5) is 0 Å². The fourth-order valence-electron chi connectivity index (χ4n) is 3.30. The number of rotatable bonds is 4. The van der Waals surface area contributed by atoms with Crippen molar-refractivity contribution >= 4 is 35.8 Å². The molecule has 138 valence electrons. The number of aliphatic imine (C=N–C) groups is 1. The third-order valence-corrected chi connectivity index (χ3v) is 5.16. The van der Waals surface area contributed by atoms with Crippen LogP contribution < -0.4 is 5.73 Å². The third kappa shape index (κ3) is 5.19. The first-order valence-electron chi connectivity index (χ1n) is 8.88. The molecule has 3 rings (SSSR count). The van der Waals surface area contributed by atoms with E-state index in [4.69, 9.17) is 10.5 Å². The van der Waals surface area contributed by atoms with Gasteiger partial charge in [0.25, 0.3) is 0 Å². The molecular formula is C16H30IN5O2. The zero-order chi connectivity index (χ0) is 16.1. The second-order valence-electron chi connectivity index (χ2n) is 6.63. The van der Waals surface area contributed by atoms with Crippen molar-refractivity contribution in [1.29, 1.82) is 0 Å². The lowest BCUT2D eigenvalue weighted by atomic mass is 9.84. The van der Waals surface area contributed by atoms with Crippen molar-refractivity contribution in [3.05, 3.63) is 0 Å². The molecule has 2 saturated heterocycles. The van der Waals surface area contributed by atoms with Gasteiger partial charge in [-0.2, -0.15) is 0 Å². The number of nitrogens with two attached hydrogens (primary N) is 1. The number of nitrogens with zero attached hydrogens (tertiary/aromatic N) is 4. The monoisotopic (exact) mass is 451 g/mol. The summed E-state index contributed by atoms with van der Waals surface area (Å²) in [5, 5.41) is 0. The smallest absolute Gasteiger partial charge is 0.225 e. The second-order valence-corrected chi connectivity index (χ2v) is 6.63. The van der Waals surface area contributed by atoms with E-state index in [1.54, 1.807) is 0 Å². The van der Waals surface area contributed by atoms with Crippen molar-refractivity contribution in [3.8, 4) is 0 Å². The zero-order valence-electron chi connectivity index (χ0n) is 14.4. The topological polar surface area (TPSA) is 74.4 Å². The zero-order valence-corrected chi connectivity index (χ0v) is 16.7. The van der Waals surface area contributed by atoms with E-state index >= 15 is 0 Å². The Bertz CT molecular complexity index is 430. The number of carbonyl (C=O) groups excluding carboxylic acids is 1. The maximum absolute atomic E-state index is 12.2. The highest BCUT2D eigenvalue weighted by Crippen LogP contribution is 2.28. The van der Waals surface area contributed by atoms with Gasteiger partial charge in [-0.1, -0.05) is 6.42 Å². The molecule has 2 aliphatic heterocycles. The number of ether oxygens (including phenoxy) is 1. The number of piperazine rings is 1. The van der Waals surface area contributed by atoms with Crippen LogP contribution in [0.5, 0.6) is 0 Å². The number of halogens is 1. The highest BCUT2D eigenvalue weighted by atomic mass is 127. The van der Waals surface area contributed by atoms with E-state index in [-0.39, 0.29) is 24.0 Å². The number of amides is 1. The predicted octanol–water partition coefficient (Wildman–Crippen LogP) is 0.196. The standard InChI is InChI=1S/C16H29N5O2.HI/c17-16(21-10-12-23-13-11-21)18-4-5-19-6-8-20(9-7-19)15(22)14-2-1-3-14;/h14H,1-13H2,(H2,17,18);1H. The lowest BCUT2D eigenvalue weighted by Crippen LogP contribution is -2.51. The molecule has 0 aromatic rings. The highest BCUT2D eigenvalue weighted by molar-refractivity contribution is 14.0. The van der Waals surface area contributed by atoms with Crippen LogP contribution in [0.25, 0.3) is 0 Å². The van der Waals surface area contributed by atoms with E-state index in [0.717, 1.165) is 78.4 Å². The molecule has 2 N–H and O–H groups in total. The van der Waals surface area contributed by atoms with Crippen molar-refractivity contribution in [3.63, 3.8) is 0 Å². The van der Waals surface area contributed by atoms with E-state index in [0.29, 0.717) is 17.8 Å². The Hall–Kier alpha value is -0.610. The van der Waals surface area contributed by atoms with Gasteiger partial charge < -0.3 is 20.3 Å². The van der Waals surface area contributed by atoms with Gasteiger partial charge in [-0.05, 0) is 12.8 Å². The SMILES string of the molecule is I.NC(=NCCN1CCN(C(=O)C2CCC2)CC1)N1CCOCC1. The molecule has 1 saturated carbocycles. The van der Waals surface area contributed by atoms with E-state index in [1.165, 1.54) is 6.42 Å². The van der Waals surface area contributed by atoms with Gasteiger partial charge in [-0.15, -0.1) is 24.0 Å². The largest absolute Gasteiger partial charge is 0.378 e. The van der Waals surface area contributed by atoms with Gasteiger partial charge in [0, 0.05) is 51.7 Å². The van der Waals surface area contributed by atoms with Crippen LogP contribution in [-0.2, 0) is 9.53 Å². The van der Waals surface area contributed by atoms with Crippen molar-refractivity contribution in [2.75, 3.05) is 65.6 Å². The molecule has 24 heavy (non-hydrogen) atoms. The van der Waals surface area contributed by atoms with E-state index in [2.05, 4.69) is 14.8 Å². The minimum atomic E-state index is 0. The molecule has 3 aliphatic rings. The van der Waals surface area contributed by atoms with Crippen LogP contribution in [-0.4, -0.2) is 92.1 Å². The van der Waals surface area contributed by atoms with Gasteiger partial charge in [-0.25, -0.2) is 0 Å². The van der Waals surface area contributed by atoms with Crippen molar-refractivity contribution in [2.24, 2.45) is 16.6 Å². The van der Waals surface area contributed by atoms with E-state index < -0.39 is 0 Å². The number of guanidine groups is 1. The maximum atomic E-state index is 12.2. The Morgan fingerprint density at radius 3 is 2.29 bits per heavy atom. The molecule has 1 amide bonds. The normalized spacial score (nSPS) is 23.6. The van der Waals surface area contributed by atoms with Crippen molar-refractivity contribution in [1.82, 2.24) is 14.7 Å². The van der Waals surface area contributed by atoms with Gasteiger partial charge in [0.15, 0.2) is 5.96 Å². The number of hydrogen-bond acceptors (Lipinski definition) is 4. The molecule has 0 spiro atoms. The Morgan fingerprint density at radius 2 is 1.71 bits per heavy atom. The average Bonchev–Trinajstić information content (AvgIpc) is 2.54. The van der Waals surface area contributed by atoms with Crippen LogP contribution in [0.1, 0.15) is 19.3 Å². The summed E-state index contributed by atoms with van der Waals surface area (Å²) in [5.74, 6) is 1.33. The van der Waals surface area contributed by atoms with Crippen LogP contribution in [0.2, 0.25) is 0 Å². The summed E-state index contributed by atoms with van der Waals surface area (Å²) >= 11 is 0. The summed E-state index contributed by atoms with van der Waals surface area (Å²) in [5.41, 5.74) is 6.03. The van der Waals surface area contributed by atoms with Crippen LogP contribution in [0, 0.1) is 5.92 Å². The van der Waals surface area contributed by atoms with Crippen LogP contribution >= 0.6 is 24.0 Å². The third-order valence-electron chi connectivity index (χ3n) is 5.16. The van der Waals surface area contributed by atoms with Crippen molar-refractivity contribution in [2.45, 2.75) is 19.3 Å². The maximum Gasteiger partial charge on any atom is 0.225 e. The average molecular weight is 451 g/mol. The molecule has 0 aromatic heterocycles. The molecular weight excluding hydrogens is 421 g/mol. The van der Waals surface area contributed by atoms with Crippen LogP contribution in [0.15, 0.2) is 4.99 Å². The van der Waals surface area contributed by atoms with Gasteiger partial charge in [0.1, 0.15) is 0 Å². The second kappa shape index (κ2) is 9.76. The van der Waals surface area contributed by atoms with Gasteiger partial charge in [0.05, 0.1) is 19.8 Å². The van der Waals surface area contributed by atoms with Gasteiger partial charge >= 0.3 is 0 Å². The summed E-state index contributed by atoms with van der Waals surface area (Å²) in [6.07, 6.45) is 3.40. The van der Waals surface area contributed by atoms with E-state index in [9.17, 15) is 4.79 Å². The van der Waals surface area contributed by atoms with Crippen LogP contribution in [0.3, 0.4) is 0 Å². The predicted molar refractivity (Wildman–Crippen MR) is 105 cm³/mol. The fourth-order valence-corrected chi connectivity index (χ4v) is 3.30. The Morgan fingerprint density at radius 1 is 1.04 bits per heavy atom. The molecule has 1 aliphatic carbocycles. The Kier molecular flexibility index (Phi) is 8.02. The van der Waals surface area contributed by atoms with Gasteiger partial charge in [0.2, 0.25) is 5.91 Å². The number of carbonyl (C=O) groups is 1. The molecule has 0 unspecified atom stereocenters. The number of morpholine rings is 1. The highest BCUT2D eigenvalue weighted by Gasteiger charge is 2.30. The Balaban J connectivity index is 0.00000208. The first-order chi connectivity index (χ1) is 11.2. The summed E-state index contributed by atoms with van der Waals surface area (Å²) in [7, 11) is 0. The molecule has 0 bridgehead atoms. The van der Waals surface area contributed by atoms with Crippen molar-refractivity contribution < 1.29 is 9.53 Å². The molecule has 0 radical (unpaired) electrons. The summed E-state index contributed by atoms with van der Waals surface area (Å²) < 4.78 is 5.32. The first-order valence-corrected chi connectivity index (χ1v) is 8.88. The minimum Gasteiger partial charge on any atom is -0.378 e. The fraction of sp³-hybridized carbons (Fsp3) is 0.875. The molecule has 2 heterocycles. The molecule has 3 fully saturated rings. The minimum absolute atomic E-state index is 0. The lowest BCUT2D eigenvalue weighted by molar-refractivity contribution is -0.139. The molecule has 0 atom stereocenters.